The van der Waals surface area contributed by atoms with Crippen molar-refractivity contribution in [1.82, 2.24) is 4.98 Å². The van der Waals surface area contributed by atoms with Crippen molar-refractivity contribution in [3.8, 4) is 22.3 Å². The molecule has 0 radical (unpaired) electrons. The van der Waals surface area contributed by atoms with Gasteiger partial charge in [0.15, 0.2) is 11.6 Å². The number of pyridine rings is 1. The predicted molar refractivity (Wildman–Crippen MR) is 115 cm³/mol. The number of benzene rings is 2. The van der Waals surface area contributed by atoms with Gasteiger partial charge in [0.2, 0.25) is 0 Å². The van der Waals surface area contributed by atoms with E-state index in [0.717, 1.165) is 33.4 Å². The maximum atomic E-state index is 13.5. The number of hydrogen-bond acceptors (Lipinski definition) is 4. The summed E-state index contributed by atoms with van der Waals surface area (Å²) < 4.78 is 26.7. The number of fused-ring (bicyclic) bond motifs is 1. The Morgan fingerprint density at radius 1 is 0.967 bits per heavy atom. The number of halogens is 2. The molecule has 1 amide bonds. The fraction of sp³-hybridized carbons (Fsp3) is 0.0435. The van der Waals surface area contributed by atoms with Gasteiger partial charge in [-0.3, -0.25) is 14.7 Å². The van der Waals surface area contributed by atoms with Gasteiger partial charge in [0.25, 0.3) is 5.91 Å². The minimum absolute atomic E-state index is 0.0855. The fourth-order valence-corrected chi connectivity index (χ4v) is 4.46. The van der Waals surface area contributed by atoms with Crippen LogP contribution in [0.5, 0.6) is 0 Å². The van der Waals surface area contributed by atoms with Crippen molar-refractivity contribution in [3.63, 3.8) is 0 Å². The summed E-state index contributed by atoms with van der Waals surface area (Å²) in [6, 6.07) is 14.9. The Morgan fingerprint density at radius 2 is 1.73 bits per heavy atom. The molecule has 0 bridgehead atoms. The first-order chi connectivity index (χ1) is 14.6. The first-order valence-electron chi connectivity index (χ1n) is 9.25. The van der Waals surface area contributed by atoms with Crippen LogP contribution < -0.4 is 10.2 Å². The molecule has 5 rings (SSSR count). The third kappa shape index (κ3) is 3.13. The van der Waals surface area contributed by atoms with Crippen molar-refractivity contribution < 1.29 is 13.6 Å². The molecule has 0 atom stereocenters. The number of amides is 1. The van der Waals surface area contributed by atoms with Crippen LogP contribution in [0.1, 0.15) is 10.4 Å². The van der Waals surface area contributed by atoms with Crippen LogP contribution in [0.3, 0.4) is 0 Å². The van der Waals surface area contributed by atoms with E-state index in [1.807, 2.05) is 35.7 Å². The third-order valence-electron chi connectivity index (χ3n) is 5.05. The third-order valence-corrected chi connectivity index (χ3v) is 5.99. The molecule has 0 aliphatic carbocycles. The Labute approximate surface area is 175 Å². The molecule has 1 N–H and O–H groups in total. The first kappa shape index (κ1) is 18.4. The Balaban J connectivity index is 1.49. The number of anilines is 2. The maximum absolute atomic E-state index is 13.5. The number of nitrogens with one attached hydrogen (secondary N) is 1. The molecule has 2 aromatic heterocycles. The van der Waals surface area contributed by atoms with Gasteiger partial charge in [-0.15, -0.1) is 11.3 Å². The van der Waals surface area contributed by atoms with E-state index in [4.69, 9.17) is 0 Å². The second kappa shape index (κ2) is 7.35. The first-order valence-corrected chi connectivity index (χ1v) is 10.1. The van der Waals surface area contributed by atoms with Crippen LogP contribution in [-0.4, -0.2) is 17.6 Å². The van der Waals surface area contributed by atoms with E-state index in [1.54, 1.807) is 29.4 Å². The molecule has 7 heteroatoms. The molecular weight excluding hydrogens is 404 g/mol. The van der Waals surface area contributed by atoms with Gasteiger partial charge in [0, 0.05) is 17.1 Å². The minimum atomic E-state index is -0.879. The average molecular weight is 419 g/mol. The zero-order valence-electron chi connectivity index (χ0n) is 15.6. The standard InChI is InChI=1S/C23H15F2N3OS/c24-19-8-7-16(10-20(19)25)14-3-5-15(6-4-14)18-12-30-22-21(18)23(29)28(13-27-22)17-2-1-9-26-11-17/h1-12,27H,13H2. The Bertz CT molecular complexity index is 1240. The number of carbonyl (C=O) groups excluding carboxylic acids is 1. The normalized spacial score (nSPS) is 13.1. The monoisotopic (exact) mass is 419 g/mol. The Morgan fingerprint density at radius 3 is 2.47 bits per heavy atom. The van der Waals surface area contributed by atoms with Crippen molar-refractivity contribution in [2.45, 2.75) is 0 Å². The molecule has 0 fully saturated rings. The Hall–Kier alpha value is -3.58. The lowest BCUT2D eigenvalue weighted by atomic mass is 9.98. The average Bonchev–Trinajstić information content (AvgIpc) is 3.22. The number of nitrogens with zero attached hydrogens (tertiary/aromatic N) is 2. The maximum Gasteiger partial charge on any atom is 0.263 e. The van der Waals surface area contributed by atoms with Gasteiger partial charge >= 0.3 is 0 Å². The van der Waals surface area contributed by atoms with Gasteiger partial charge in [-0.1, -0.05) is 30.3 Å². The van der Waals surface area contributed by atoms with Crippen LogP contribution >= 0.6 is 11.3 Å². The van der Waals surface area contributed by atoms with Crippen LogP contribution in [0.25, 0.3) is 22.3 Å². The molecule has 1 aliphatic rings. The summed E-state index contributed by atoms with van der Waals surface area (Å²) in [6.07, 6.45) is 3.33. The van der Waals surface area contributed by atoms with Crippen molar-refractivity contribution in [3.05, 3.63) is 89.6 Å². The van der Waals surface area contributed by atoms with Gasteiger partial charge < -0.3 is 5.32 Å². The predicted octanol–water partition coefficient (Wildman–Crippen LogP) is 5.79. The highest BCUT2D eigenvalue weighted by molar-refractivity contribution is 7.15. The molecule has 30 heavy (non-hydrogen) atoms. The molecule has 148 valence electrons. The number of thiophene rings is 1. The molecule has 0 spiro atoms. The SMILES string of the molecule is O=C1c2c(-c3ccc(-c4ccc(F)c(F)c4)cc3)csc2NCN1c1cccnc1. The molecule has 4 aromatic rings. The van der Waals surface area contributed by atoms with Crippen molar-refractivity contribution in [2.75, 3.05) is 16.9 Å². The van der Waals surface area contributed by atoms with E-state index in [2.05, 4.69) is 10.3 Å². The van der Waals surface area contributed by atoms with E-state index < -0.39 is 11.6 Å². The topological polar surface area (TPSA) is 45.2 Å². The second-order valence-electron chi connectivity index (χ2n) is 6.84. The van der Waals surface area contributed by atoms with Crippen LogP contribution in [0.15, 0.2) is 72.4 Å². The van der Waals surface area contributed by atoms with Crippen LogP contribution in [0.4, 0.5) is 19.5 Å². The van der Waals surface area contributed by atoms with E-state index in [1.165, 1.54) is 17.4 Å². The zero-order valence-corrected chi connectivity index (χ0v) is 16.4. The Kier molecular flexibility index (Phi) is 4.52. The molecular formula is C23H15F2N3OS. The van der Waals surface area contributed by atoms with E-state index in [-0.39, 0.29) is 5.91 Å². The zero-order chi connectivity index (χ0) is 20.7. The lowest BCUT2D eigenvalue weighted by Crippen LogP contribution is -2.39. The number of rotatable bonds is 3. The quantitative estimate of drug-likeness (QED) is 0.458. The summed E-state index contributed by atoms with van der Waals surface area (Å²) in [4.78, 5) is 19.0. The van der Waals surface area contributed by atoms with E-state index >= 15 is 0 Å². The minimum Gasteiger partial charge on any atom is -0.358 e. The summed E-state index contributed by atoms with van der Waals surface area (Å²) in [6.45, 7) is 0.381. The lowest BCUT2D eigenvalue weighted by Gasteiger charge is -2.28. The van der Waals surface area contributed by atoms with Gasteiger partial charge in [0.05, 0.1) is 24.1 Å². The molecule has 1 aliphatic heterocycles. The molecule has 0 saturated carbocycles. The molecule has 3 heterocycles. The van der Waals surface area contributed by atoms with Crippen LogP contribution in [-0.2, 0) is 0 Å². The van der Waals surface area contributed by atoms with E-state index in [9.17, 15) is 13.6 Å². The summed E-state index contributed by atoms with van der Waals surface area (Å²) >= 11 is 1.49. The fourth-order valence-electron chi connectivity index (χ4n) is 3.51. The van der Waals surface area contributed by atoms with Crippen molar-refractivity contribution in [2.24, 2.45) is 0 Å². The van der Waals surface area contributed by atoms with Crippen molar-refractivity contribution in [1.29, 1.82) is 0 Å². The smallest absolute Gasteiger partial charge is 0.263 e. The molecule has 0 unspecified atom stereocenters. The van der Waals surface area contributed by atoms with E-state index in [0.29, 0.717) is 17.8 Å². The molecule has 0 saturated heterocycles. The lowest BCUT2D eigenvalue weighted by molar-refractivity contribution is 0.0987. The highest BCUT2D eigenvalue weighted by Crippen LogP contribution is 2.39. The van der Waals surface area contributed by atoms with Gasteiger partial charge in [-0.2, -0.15) is 0 Å². The van der Waals surface area contributed by atoms with Crippen LogP contribution in [0, 0.1) is 11.6 Å². The van der Waals surface area contributed by atoms with Crippen molar-refractivity contribution >= 4 is 27.9 Å². The second-order valence-corrected chi connectivity index (χ2v) is 7.72. The highest BCUT2D eigenvalue weighted by atomic mass is 32.1. The summed E-state index contributed by atoms with van der Waals surface area (Å²) in [7, 11) is 0. The van der Waals surface area contributed by atoms with Crippen LogP contribution in [0.2, 0.25) is 0 Å². The molecule has 2 aromatic carbocycles. The summed E-state index contributed by atoms with van der Waals surface area (Å²) in [5.74, 6) is -1.84. The summed E-state index contributed by atoms with van der Waals surface area (Å²) in [5, 5.41) is 6.09. The number of aromatic nitrogens is 1. The molecule has 4 nitrogen and oxygen atoms in total. The number of hydrogen-bond donors (Lipinski definition) is 1. The number of carbonyl (C=O) groups is 1. The largest absolute Gasteiger partial charge is 0.358 e. The van der Waals surface area contributed by atoms with Gasteiger partial charge in [-0.25, -0.2) is 8.78 Å². The van der Waals surface area contributed by atoms with Gasteiger partial charge in [0.1, 0.15) is 5.00 Å². The highest BCUT2D eigenvalue weighted by Gasteiger charge is 2.30. The van der Waals surface area contributed by atoms with Gasteiger partial charge in [-0.05, 0) is 41.0 Å². The summed E-state index contributed by atoms with van der Waals surface area (Å²) in [5.41, 5.74) is 4.42.